The number of rotatable bonds is 17. The third kappa shape index (κ3) is 14.0. The third-order valence-corrected chi connectivity index (χ3v) is 4.86. The third-order valence-electron chi connectivity index (χ3n) is 4.86. The SMILES string of the molecule is CCCC[NH+]([O-])CCCCCCC=CCCCCCCc1cccnc1. The lowest BCUT2D eigenvalue weighted by atomic mass is 10.1. The Morgan fingerprint density at radius 3 is 2.19 bits per heavy atom. The predicted octanol–water partition coefficient (Wildman–Crippen LogP) is 5.26. The lowest BCUT2D eigenvalue weighted by molar-refractivity contribution is -0.848. The molecule has 0 aromatic carbocycles. The maximum atomic E-state index is 11.6. The highest BCUT2D eigenvalue weighted by Gasteiger charge is 1.97. The number of aryl methyl sites for hydroxylation is 1. The van der Waals surface area contributed by atoms with E-state index in [0.717, 1.165) is 38.8 Å². The first kappa shape index (κ1) is 22.9. The summed E-state index contributed by atoms with van der Waals surface area (Å²) < 4.78 is 0. The Morgan fingerprint density at radius 2 is 1.54 bits per heavy atom. The summed E-state index contributed by atoms with van der Waals surface area (Å²) in [5.41, 5.74) is 1.36. The maximum absolute atomic E-state index is 11.6. The number of hydroxylamine groups is 2. The summed E-state index contributed by atoms with van der Waals surface area (Å²) in [7, 11) is 0. The monoisotopic (exact) mass is 360 g/mol. The minimum Gasteiger partial charge on any atom is -0.634 e. The zero-order valence-electron chi connectivity index (χ0n) is 16.9. The summed E-state index contributed by atoms with van der Waals surface area (Å²) in [5.74, 6) is 0. The molecule has 1 rings (SSSR count). The minimum atomic E-state index is 0.465. The normalized spacial score (nSPS) is 12.7. The fourth-order valence-corrected chi connectivity index (χ4v) is 3.16. The summed E-state index contributed by atoms with van der Waals surface area (Å²) in [6, 6.07) is 4.19. The molecular formula is C23H40N2O. The first-order valence-electron chi connectivity index (χ1n) is 10.9. The molecule has 1 heterocycles. The van der Waals surface area contributed by atoms with Crippen LogP contribution in [-0.4, -0.2) is 18.1 Å². The fraction of sp³-hybridized carbons (Fsp3) is 0.696. The Kier molecular flexibility index (Phi) is 15.1. The van der Waals surface area contributed by atoms with Crippen LogP contribution in [0.4, 0.5) is 0 Å². The van der Waals surface area contributed by atoms with E-state index in [0.29, 0.717) is 5.06 Å². The number of quaternary nitrogens is 1. The molecule has 3 heteroatoms. The predicted molar refractivity (Wildman–Crippen MR) is 112 cm³/mol. The average Bonchev–Trinajstić information content (AvgIpc) is 2.67. The van der Waals surface area contributed by atoms with E-state index in [-0.39, 0.29) is 0 Å². The van der Waals surface area contributed by atoms with Crippen molar-refractivity contribution in [3.63, 3.8) is 0 Å². The largest absolute Gasteiger partial charge is 0.634 e. The number of aromatic nitrogens is 1. The number of hydrogen-bond acceptors (Lipinski definition) is 2. The van der Waals surface area contributed by atoms with E-state index in [1.54, 1.807) is 0 Å². The average molecular weight is 361 g/mol. The van der Waals surface area contributed by atoms with Gasteiger partial charge in [0.1, 0.15) is 0 Å². The first-order chi connectivity index (χ1) is 12.8. The van der Waals surface area contributed by atoms with Crippen molar-refractivity contribution in [1.29, 1.82) is 0 Å². The van der Waals surface area contributed by atoms with E-state index in [9.17, 15) is 5.21 Å². The van der Waals surface area contributed by atoms with Crippen LogP contribution < -0.4 is 5.06 Å². The molecule has 148 valence electrons. The highest BCUT2D eigenvalue weighted by molar-refractivity contribution is 5.08. The molecule has 0 radical (unpaired) electrons. The molecule has 1 aromatic heterocycles. The van der Waals surface area contributed by atoms with Crippen LogP contribution in [0.5, 0.6) is 0 Å². The van der Waals surface area contributed by atoms with Crippen LogP contribution in [0, 0.1) is 5.21 Å². The molecule has 0 amide bonds. The second-order valence-corrected chi connectivity index (χ2v) is 7.38. The minimum absolute atomic E-state index is 0.465. The number of allylic oxidation sites excluding steroid dienone is 2. The second kappa shape index (κ2) is 17.2. The molecule has 0 fully saturated rings. The van der Waals surface area contributed by atoms with Gasteiger partial charge in [-0.1, -0.05) is 50.8 Å². The van der Waals surface area contributed by atoms with Gasteiger partial charge < -0.3 is 10.3 Å². The lowest BCUT2D eigenvalue weighted by Gasteiger charge is -2.21. The van der Waals surface area contributed by atoms with Gasteiger partial charge in [0.05, 0.1) is 13.1 Å². The van der Waals surface area contributed by atoms with Gasteiger partial charge in [-0.3, -0.25) is 4.98 Å². The Morgan fingerprint density at radius 1 is 0.885 bits per heavy atom. The molecule has 0 bridgehead atoms. The van der Waals surface area contributed by atoms with Crippen molar-refractivity contribution in [2.45, 2.75) is 90.4 Å². The highest BCUT2D eigenvalue weighted by atomic mass is 16.5. The van der Waals surface area contributed by atoms with Gasteiger partial charge in [-0.25, -0.2) is 0 Å². The van der Waals surface area contributed by atoms with Crippen LogP contribution in [0.1, 0.15) is 89.5 Å². The fourth-order valence-electron chi connectivity index (χ4n) is 3.16. The number of nitrogens with zero attached hydrogens (tertiary/aromatic N) is 1. The van der Waals surface area contributed by atoms with Crippen molar-refractivity contribution in [3.05, 3.63) is 47.4 Å². The van der Waals surface area contributed by atoms with E-state index < -0.39 is 0 Å². The van der Waals surface area contributed by atoms with Crippen LogP contribution in [0.25, 0.3) is 0 Å². The summed E-state index contributed by atoms with van der Waals surface area (Å²) >= 11 is 0. The van der Waals surface area contributed by atoms with E-state index >= 15 is 0 Å². The van der Waals surface area contributed by atoms with Crippen molar-refractivity contribution in [1.82, 2.24) is 4.98 Å². The molecule has 0 aliphatic heterocycles. The van der Waals surface area contributed by atoms with Gasteiger partial charge in [-0.05, 0) is 69.4 Å². The molecule has 1 atom stereocenters. The Balaban J connectivity index is 1.79. The molecule has 0 saturated carbocycles. The van der Waals surface area contributed by atoms with Crippen molar-refractivity contribution in [2.75, 3.05) is 13.1 Å². The smallest absolute Gasteiger partial charge is 0.0768 e. The van der Waals surface area contributed by atoms with Crippen molar-refractivity contribution in [3.8, 4) is 0 Å². The molecular weight excluding hydrogens is 320 g/mol. The first-order valence-corrected chi connectivity index (χ1v) is 10.9. The Bertz CT molecular complexity index is 433. The van der Waals surface area contributed by atoms with E-state index in [1.165, 1.54) is 63.4 Å². The summed E-state index contributed by atoms with van der Waals surface area (Å²) in [6.07, 6.45) is 24.4. The quantitative estimate of drug-likeness (QED) is 0.234. The Hall–Kier alpha value is -1.19. The topological polar surface area (TPSA) is 40.4 Å². The zero-order chi connectivity index (χ0) is 18.7. The highest BCUT2D eigenvalue weighted by Crippen LogP contribution is 2.09. The number of pyridine rings is 1. The van der Waals surface area contributed by atoms with E-state index in [1.807, 2.05) is 18.5 Å². The molecule has 0 spiro atoms. The van der Waals surface area contributed by atoms with Crippen molar-refractivity contribution in [2.24, 2.45) is 0 Å². The van der Waals surface area contributed by atoms with Crippen molar-refractivity contribution < 1.29 is 5.06 Å². The summed E-state index contributed by atoms with van der Waals surface area (Å²) in [6.45, 7) is 3.74. The molecule has 0 aliphatic carbocycles. The maximum Gasteiger partial charge on any atom is 0.0768 e. The zero-order valence-corrected chi connectivity index (χ0v) is 16.9. The van der Waals surface area contributed by atoms with Crippen LogP contribution in [0.2, 0.25) is 0 Å². The molecule has 1 aromatic rings. The van der Waals surface area contributed by atoms with Crippen LogP contribution in [-0.2, 0) is 6.42 Å². The lowest BCUT2D eigenvalue weighted by Crippen LogP contribution is -3.07. The summed E-state index contributed by atoms with van der Waals surface area (Å²) in [5, 5.41) is 12.0. The van der Waals surface area contributed by atoms with E-state index in [2.05, 4.69) is 30.1 Å². The Labute approximate surface area is 161 Å². The van der Waals surface area contributed by atoms with Crippen LogP contribution in [0.15, 0.2) is 36.7 Å². The van der Waals surface area contributed by atoms with Crippen LogP contribution in [0.3, 0.4) is 0 Å². The van der Waals surface area contributed by atoms with Gasteiger partial charge in [0.15, 0.2) is 0 Å². The molecule has 1 unspecified atom stereocenters. The number of unbranched alkanes of at least 4 members (excludes halogenated alkanes) is 9. The second-order valence-electron chi connectivity index (χ2n) is 7.38. The van der Waals surface area contributed by atoms with Crippen molar-refractivity contribution >= 4 is 0 Å². The van der Waals surface area contributed by atoms with Gasteiger partial charge in [0, 0.05) is 12.4 Å². The summed E-state index contributed by atoms with van der Waals surface area (Å²) in [4.78, 5) is 4.16. The van der Waals surface area contributed by atoms with Crippen LogP contribution >= 0.6 is 0 Å². The van der Waals surface area contributed by atoms with Gasteiger partial charge >= 0.3 is 0 Å². The molecule has 0 saturated heterocycles. The van der Waals surface area contributed by atoms with E-state index in [4.69, 9.17) is 0 Å². The van der Waals surface area contributed by atoms with Gasteiger partial charge in [0.2, 0.25) is 0 Å². The molecule has 3 nitrogen and oxygen atoms in total. The van der Waals surface area contributed by atoms with Gasteiger partial charge in [-0.2, -0.15) is 0 Å². The standard InChI is InChI=1S/C23H40N2O/c1-2-3-20-25(26)21-15-13-11-9-7-5-4-6-8-10-12-14-17-23-18-16-19-24-22-23/h4-5,16,18-19,22,25H,2-3,6-15,17,20-21H2,1H3. The van der Waals surface area contributed by atoms with Gasteiger partial charge in [0.25, 0.3) is 0 Å². The number of hydrogen-bond donors (Lipinski definition) is 1. The molecule has 0 aliphatic rings. The molecule has 26 heavy (non-hydrogen) atoms. The molecule has 1 N–H and O–H groups in total. The van der Waals surface area contributed by atoms with Gasteiger partial charge in [-0.15, -0.1) is 0 Å². The number of nitrogens with one attached hydrogen (secondary N) is 1.